The molecule has 2 aliphatic rings. The molecule has 0 unspecified atom stereocenters. The molecule has 0 aromatic heterocycles. The summed E-state index contributed by atoms with van der Waals surface area (Å²) < 4.78 is 58.9. The zero-order valence-corrected chi connectivity index (χ0v) is 33.6. The molecule has 0 atom stereocenters. The summed E-state index contributed by atoms with van der Waals surface area (Å²) in [5.41, 5.74) is 2.40. The van der Waals surface area contributed by atoms with Crippen LogP contribution in [0, 0.1) is 50.1 Å². The molecule has 2 aromatic rings. The fourth-order valence-electron chi connectivity index (χ4n) is 5.10. The molecule has 1 heterocycles. The molecule has 8 radical (unpaired) electrons. The maximum Gasteiger partial charge on any atom is 2.00 e. The average molecular weight is 879 g/mol. The molecule has 49 heavy (non-hydrogen) atoms. The largest absolute Gasteiger partial charge is 2.00 e. The van der Waals surface area contributed by atoms with Crippen LogP contribution in [-0.2, 0) is 29.9 Å². The number of para-hydroxylation sites is 2. The number of hydrogen-bond donors (Lipinski definition) is 0. The quantitative estimate of drug-likeness (QED) is 0.203. The summed E-state index contributed by atoms with van der Waals surface area (Å²) in [7, 11) is -6.09. The van der Waals surface area contributed by atoms with Crippen LogP contribution in [0.2, 0.25) is 0 Å². The second-order valence-corrected chi connectivity index (χ2v) is 14.7. The van der Waals surface area contributed by atoms with Crippen molar-refractivity contribution >= 4 is 21.5 Å². The van der Waals surface area contributed by atoms with Crippen molar-refractivity contribution in [3.05, 3.63) is 115 Å². The van der Waals surface area contributed by atoms with Crippen molar-refractivity contribution in [3.63, 3.8) is 0 Å². The van der Waals surface area contributed by atoms with Gasteiger partial charge in [0.05, 0.1) is 11.4 Å². The third-order valence-corrected chi connectivity index (χ3v) is 8.34. The molecule has 0 amide bonds. The van der Waals surface area contributed by atoms with E-state index in [0.717, 1.165) is 0 Å². The van der Waals surface area contributed by atoms with E-state index in [0.29, 0.717) is 29.6 Å². The van der Waals surface area contributed by atoms with Gasteiger partial charge in [-0.1, -0.05) is 113 Å². The van der Waals surface area contributed by atoms with E-state index in [-0.39, 0.29) is 25.3 Å². The summed E-state index contributed by atoms with van der Waals surface area (Å²) in [6, 6.07) is 13.4. The predicted octanol–water partition coefficient (Wildman–Crippen LogP) is 10.5. The number of halogens is 3. The minimum absolute atomic E-state index is 0. The van der Waals surface area contributed by atoms with E-state index in [4.69, 9.17) is 13.0 Å². The summed E-state index contributed by atoms with van der Waals surface area (Å²) >= 11 is 0. The number of anilines is 2. The van der Waals surface area contributed by atoms with Gasteiger partial charge in [-0.25, -0.2) is 8.42 Å². The first-order valence-electron chi connectivity index (χ1n) is 16.0. The summed E-state index contributed by atoms with van der Waals surface area (Å²) in [5, 5.41) is 0. The van der Waals surface area contributed by atoms with Gasteiger partial charge in [-0.3, -0.25) is 0 Å². The Balaban J connectivity index is 0.000000949. The molecule has 1 aliphatic carbocycles. The SMILES string of the molecule is CC(C)c1cccc(C(C)C)c1N1[C]N(c2c(C(C)C)cccc2C(C)C)C=C1.C[C]1[CH][CH][C](C(C)C)[CH][CH]1.O=S(=O)([O-])C(F)(F)F.[OH-].[Os+2]. The number of nitrogens with zero attached hydrogens (tertiary/aromatic N) is 2. The van der Waals surface area contributed by atoms with Crippen molar-refractivity contribution in [2.75, 3.05) is 9.80 Å². The Morgan fingerprint density at radius 1 is 0.633 bits per heavy atom. The van der Waals surface area contributed by atoms with E-state index in [1.54, 1.807) is 0 Å². The number of benzene rings is 2. The zero-order valence-electron chi connectivity index (χ0n) is 30.3. The summed E-state index contributed by atoms with van der Waals surface area (Å²) in [5.74, 6) is 5.25. The number of alkyl halides is 3. The average Bonchev–Trinajstić information content (AvgIpc) is 3.46. The van der Waals surface area contributed by atoms with Crippen LogP contribution in [0.3, 0.4) is 0 Å². The molecule has 0 spiro atoms. The molecular weight excluding hydrogens is 828 g/mol. The Morgan fingerprint density at radius 3 is 1.14 bits per heavy atom. The van der Waals surface area contributed by atoms with E-state index in [1.807, 2.05) is 0 Å². The van der Waals surface area contributed by atoms with Crippen molar-refractivity contribution < 1.29 is 51.4 Å². The maximum atomic E-state index is 10.7. The molecule has 0 bridgehead atoms. The fraction of sp³-hybridized carbons (Fsp3) is 0.447. The molecular formula is C38H51F3N2O4OsS. The zero-order chi connectivity index (χ0) is 35.9. The summed E-state index contributed by atoms with van der Waals surface area (Å²) in [6.45, 7) is 28.4. The molecule has 2 aromatic carbocycles. The molecule has 1 N–H and O–H groups in total. The van der Waals surface area contributed by atoms with Crippen molar-refractivity contribution in [1.29, 1.82) is 0 Å². The van der Waals surface area contributed by atoms with Gasteiger partial charge in [-0.2, -0.15) is 13.2 Å². The first-order valence-corrected chi connectivity index (χ1v) is 17.4. The Labute approximate surface area is 308 Å². The second-order valence-electron chi connectivity index (χ2n) is 13.3. The Kier molecular flexibility index (Phi) is 19.4. The van der Waals surface area contributed by atoms with Crippen molar-refractivity contribution in [1.82, 2.24) is 0 Å². The van der Waals surface area contributed by atoms with Crippen molar-refractivity contribution in [2.45, 2.75) is 105 Å². The van der Waals surface area contributed by atoms with Gasteiger partial charge in [-0.05, 0) is 89.4 Å². The van der Waals surface area contributed by atoms with Gasteiger partial charge in [0.25, 0.3) is 0 Å². The van der Waals surface area contributed by atoms with Crippen molar-refractivity contribution in [3.8, 4) is 0 Å². The summed E-state index contributed by atoms with van der Waals surface area (Å²) in [6.07, 6.45) is 13.0. The van der Waals surface area contributed by atoms with Crippen LogP contribution in [0.4, 0.5) is 24.5 Å². The minimum atomic E-state index is -6.09. The van der Waals surface area contributed by atoms with Crippen LogP contribution < -0.4 is 9.80 Å². The van der Waals surface area contributed by atoms with E-state index in [9.17, 15) is 13.2 Å². The molecule has 272 valence electrons. The van der Waals surface area contributed by atoms with Crippen LogP contribution in [-0.4, -0.2) is 24.0 Å². The molecule has 0 saturated heterocycles. The molecule has 1 aliphatic heterocycles. The van der Waals surface area contributed by atoms with Gasteiger partial charge in [0.15, 0.2) is 10.1 Å². The standard InChI is InChI=1S/C27H36N2.C10H14.CHF3O3S.H2O.Os/c1-18(2)22-11-9-12-23(19(3)4)26(22)28-15-16-29(17-28)27-24(20(5)6)13-10-14-25(27)21(7)8;1-8(2)10-6-4-9(3)5-7-10;2-1(3,4)8(5,6)7;;/h9-16,18-21H,1-8H3;4-8H,1-3H3;(H,5,6,7);1H2;/q;;;;+2/p-2. The predicted molar refractivity (Wildman–Crippen MR) is 188 cm³/mol. The summed E-state index contributed by atoms with van der Waals surface area (Å²) in [4.78, 5) is 4.40. The van der Waals surface area contributed by atoms with Crippen molar-refractivity contribution in [2.24, 2.45) is 5.92 Å². The smallest absolute Gasteiger partial charge is 0.870 e. The minimum Gasteiger partial charge on any atom is -0.870 e. The Hall–Kier alpha value is -1.92. The molecule has 1 fully saturated rings. The normalized spacial score (nSPS) is 15.7. The topological polar surface area (TPSA) is 93.7 Å². The van der Waals surface area contributed by atoms with Gasteiger partial charge in [0, 0.05) is 12.4 Å². The third kappa shape index (κ3) is 13.3. The molecule has 6 nitrogen and oxygen atoms in total. The third-order valence-electron chi connectivity index (χ3n) is 7.77. The van der Waals surface area contributed by atoms with E-state index in [2.05, 4.69) is 167 Å². The first-order chi connectivity index (χ1) is 21.7. The van der Waals surface area contributed by atoms with Crippen LogP contribution in [0.25, 0.3) is 0 Å². The van der Waals surface area contributed by atoms with Gasteiger partial charge in [0.2, 0.25) is 6.67 Å². The number of hydrogen-bond acceptors (Lipinski definition) is 6. The van der Waals surface area contributed by atoms with Crippen LogP contribution in [0.15, 0.2) is 48.8 Å². The molecule has 4 rings (SSSR count). The Morgan fingerprint density at radius 2 is 0.918 bits per heavy atom. The molecule has 11 heteroatoms. The van der Waals surface area contributed by atoms with Gasteiger partial charge in [0.1, 0.15) is 0 Å². The molecule has 1 saturated carbocycles. The van der Waals surface area contributed by atoms with E-state index < -0.39 is 15.6 Å². The van der Waals surface area contributed by atoms with Gasteiger partial charge in [-0.15, -0.1) is 0 Å². The van der Waals surface area contributed by atoms with Crippen LogP contribution in [0.1, 0.15) is 122 Å². The monoisotopic (exact) mass is 880 g/mol. The van der Waals surface area contributed by atoms with Crippen LogP contribution in [0.5, 0.6) is 0 Å². The second kappa shape index (κ2) is 20.2. The van der Waals surface area contributed by atoms with E-state index in [1.165, 1.54) is 45.5 Å². The number of rotatable bonds is 7. The Bertz CT molecular complexity index is 1290. The van der Waals surface area contributed by atoms with E-state index >= 15 is 0 Å². The maximum absolute atomic E-state index is 10.7. The van der Waals surface area contributed by atoms with Crippen LogP contribution >= 0.6 is 0 Å². The fourth-order valence-corrected chi connectivity index (χ4v) is 5.10. The van der Waals surface area contributed by atoms with Gasteiger partial charge < -0.3 is 19.8 Å². The van der Waals surface area contributed by atoms with Gasteiger partial charge >= 0.3 is 25.3 Å². The first kappa shape index (κ1) is 47.1.